The largest absolute Gasteiger partial charge is 0.308 e. The molecule has 1 aromatic rings. The molecule has 1 N–H and O–H groups in total. The fourth-order valence-corrected chi connectivity index (χ4v) is 3.16. The van der Waals surface area contributed by atoms with Crippen molar-refractivity contribution in [2.24, 2.45) is 0 Å². The predicted molar refractivity (Wildman–Crippen MR) is 67.7 cm³/mol. The van der Waals surface area contributed by atoms with E-state index in [1.54, 1.807) is 0 Å². The summed E-state index contributed by atoms with van der Waals surface area (Å²) in [6, 6.07) is 4.79. The van der Waals surface area contributed by atoms with Gasteiger partial charge in [-0.1, -0.05) is 25.3 Å². The van der Waals surface area contributed by atoms with Gasteiger partial charge in [0.2, 0.25) is 0 Å². The zero-order valence-electron chi connectivity index (χ0n) is 8.92. The van der Waals surface area contributed by atoms with Gasteiger partial charge in [0, 0.05) is 22.8 Å². The molecular formula is C12H18ClNS. The quantitative estimate of drug-likeness (QED) is 0.630. The Morgan fingerprint density at radius 1 is 1.33 bits per heavy atom. The second kappa shape index (κ2) is 5.88. The summed E-state index contributed by atoms with van der Waals surface area (Å²) < 4.78 is 0. The lowest BCUT2D eigenvalue weighted by molar-refractivity contribution is 0.467. The van der Waals surface area contributed by atoms with Gasteiger partial charge in [-0.25, -0.2) is 0 Å². The Kier molecular flexibility index (Phi) is 4.48. The fraction of sp³-hybridized carbons (Fsp3) is 0.667. The molecule has 0 radical (unpaired) electrons. The molecule has 0 saturated heterocycles. The summed E-state index contributed by atoms with van der Waals surface area (Å²) in [4.78, 5) is 1.41. The summed E-state index contributed by atoms with van der Waals surface area (Å²) in [6.07, 6.45) is 6.38. The van der Waals surface area contributed by atoms with E-state index in [4.69, 9.17) is 11.6 Å². The Morgan fingerprint density at radius 3 is 3.00 bits per heavy atom. The minimum atomic E-state index is 0.326. The van der Waals surface area contributed by atoms with Crippen LogP contribution in [0.4, 0.5) is 0 Å². The van der Waals surface area contributed by atoms with Gasteiger partial charge in [-0.2, -0.15) is 0 Å². The Balaban J connectivity index is 1.81. The van der Waals surface area contributed by atoms with Crippen molar-refractivity contribution in [2.45, 2.75) is 50.1 Å². The first kappa shape index (κ1) is 11.4. The second-order valence-corrected chi connectivity index (χ2v) is 5.81. The highest BCUT2D eigenvalue weighted by atomic mass is 35.5. The van der Waals surface area contributed by atoms with Gasteiger partial charge in [0.05, 0.1) is 0 Å². The van der Waals surface area contributed by atoms with Crippen LogP contribution in [0.1, 0.15) is 37.0 Å². The number of halogens is 1. The highest BCUT2D eigenvalue weighted by Crippen LogP contribution is 2.22. The van der Waals surface area contributed by atoms with Gasteiger partial charge in [0.1, 0.15) is 0 Å². The van der Waals surface area contributed by atoms with Crippen LogP contribution in [0.3, 0.4) is 0 Å². The highest BCUT2D eigenvalue weighted by Gasteiger charge is 2.20. The Labute approximate surface area is 101 Å². The average molecular weight is 244 g/mol. The first-order valence-electron chi connectivity index (χ1n) is 5.76. The number of alkyl halides is 1. The summed E-state index contributed by atoms with van der Waals surface area (Å²) in [7, 11) is 0. The van der Waals surface area contributed by atoms with E-state index in [9.17, 15) is 0 Å². The molecule has 1 aliphatic carbocycles. The molecular weight excluding hydrogens is 226 g/mol. The third kappa shape index (κ3) is 3.47. The molecule has 84 valence electrons. The van der Waals surface area contributed by atoms with Crippen LogP contribution in [0.5, 0.6) is 0 Å². The summed E-state index contributed by atoms with van der Waals surface area (Å²) in [6.45, 7) is 0.978. The van der Waals surface area contributed by atoms with Crippen molar-refractivity contribution in [3.05, 3.63) is 22.4 Å². The van der Waals surface area contributed by atoms with Crippen molar-refractivity contribution < 1.29 is 0 Å². The fourth-order valence-electron chi connectivity index (χ4n) is 2.14. The van der Waals surface area contributed by atoms with Gasteiger partial charge in [-0.15, -0.1) is 22.9 Å². The van der Waals surface area contributed by atoms with Crippen molar-refractivity contribution in [1.82, 2.24) is 5.32 Å². The van der Waals surface area contributed by atoms with Crippen LogP contribution in [-0.4, -0.2) is 11.4 Å². The van der Waals surface area contributed by atoms with Crippen LogP contribution in [-0.2, 0) is 6.54 Å². The molecule has 1 heterocycles. The molecule has 1 aromatic heterocycles. The smallest absolute Gasteiger partial charge is 0.0489 e. The zero-order valence-corrected chi connectivity index (χ0v) is 10.5. The van der Waals surface area contributed by atoms with E-state index in [0.29, 0.717) is 11.4 Å². The summed E-state index contributed by atoms with van der Waals surface area (Å²) in [5, 5.41) is 6.05. The van der Waals surface area contributed by atoms with Crippen molar-refractivity contribution >= 4 is 22.9 Å². The predicted octanol–water partition coefficient (Wildman–Crippen LogP) is 3.78. The maximum atomic E-state index is 6.37. The molecule has 1 nitrogen and oxygen atoms in total. The normalized spacial score (nSPS) is 27.5. The Hall–Kier alpha value is -0.0500. The lowest BCUT2D eigenvalue weighted by Crippen LogP contribution is -2.35. The minimum absolute atomic E-state index is 0.326. The van der Waals surface area contributed by atoms with Gasteiger partial charge in [0.15, 0.2) is 0 Å². The van der Waals surface area contributed by atoms with E-state index in [1.165, 1.54) is 37.0 Å². The molecule has 1 aliphatic rings. The zero-order chi connectivity index (χ0) is 10.5. The molecule has 0 aromatic carbocycles. The minimum Gasteiger partial charge on any atom is -0.308 e. The van der Waals surface area contributed by atoms with Gasteiger partial charge in [-0.3, -0.25) is 0 Å². The molecule has 2 rings (SSSR count). The molecule has 0 spiro atoms. The van der Waals surface area contributed by atoms with Crippen LogP contribution in [0, 0.1) is 0 Å². The number of nitrogens with one attached hydrogen (secondary N) is 1. The van der Waals surface area contributed by atoms with E-state index in [1.807, 2.05) is 11.3 Å². The van der Waals surface area contributed by atoms with E-state index in [0.717, 1.165) is 6.54 Å². The first-order valence-corrected chi connectivity index (χ1v) is 7.08. The molecule has 0 amide bonds. The lowest BCUT2D eigenvalue weighted by atomic mass is 10.1. The number of rotatable bonds is 3. The highest BCUT2D eigenvalue weighted by molar-refractivity contribution is 7.09. The lowest BCUT2D eigenvalue weighted by Gasteiger charge is -2.20. The van der Waals surface area contributed by atoms with Gasteiger partial charge >= 0.3 is 0 Å². The van der Waals surface area contributed by atoms with Crippen LogP contribution in [0.15, 0.2) is 17.5 Å². The van der Waals surface area contributed by atoms with Gasteiger partial charge in [-0.05, 0) is 24.3 Å². The Morgan fingerprint density at radius 2 is 2.20 bits per heavy atom. The van der Waals surface area contributed by atoms with Crippen LogP contribution in [0.25, 0.3) is 0 Å². The topological polar surface area (TPSA) is 12.0 Å². The summed E-state index contributed by atoms with van der Waals surface area (Å²) >= 11 is 8.18. The van der Waals surface area contributed by atoms with Crippen molar-refractivity contribution in [2.75, 3.05) is 0 Å². The molecule has 1 fully saturated rings. The van der Waals surface area contributed by atoms with E-state index >= 15 is 0 Å². The third-order valence-corrected chi connectivity index (χ3v) is 4.45. The maximum Gasteiger partial charge on any atom is 0.0489 e. The van der Waals surface area contributed by atoms with Crippen LogP contribution < -0.4 is 5.32 Å². The van der Waals surface area contributed by atoms with Crippen molar-refractivity contribution in [3.8, 4) is 0 Å². The number of thiophene rings is 1. The van der Waals surface area contributed by atoms with Crippen LogP contribution in [0.2, 0.25) is 0 Å². The van der Waals surface area contributed by atoms with E-state index < -0.39 is 0 Å². The average Bonchev–Trinajstić information content (AvgIpc) is 2.67. The molecule has 1 saturated carbocycles. The molecule has 2 unspecified atom stereocenters. The first-order chi connectivity index (χ1) is 7.36. The van der Waals surface area contributed by atoms with Crippen molar-refractivity contribution in [3.63, 3.8) is 0 Å². The molecule has 15 heavy (non-hydrogen) atoms. The number of hydrogen-bond donors (Lipinski definition) is 1. The SMILES string of the molecule is ClC1CCCCCC1NCc1cccs1. The molecule has 3 heteroatoms. The molecule has 2 atom stereocenters. The third-order valence-electron chi connectivity index (χ3n) is 3.05. The van der Waals surface area contributed by atoms with E-state index in [-0.39, 0.29) is 0 Å². The van der Waals surface area contributed by atoms with Gasteiger partial charge < -0.3 is 5.32 Å². The summed E-state index contributed by atoms with van der Waals surface area (Å²) in [5.41, 5.74) is 0. The standard InChI is InChI=1S/C12H18ClNS/c13-11-6-2-1-3-7-12(11)14-9-10-5-4-8-15-10/h4-5,8,11-12,14H,1-3,6-7,9H2. The summed E-state index contributed by atoms with van der Waals surface area (Å²) in [5.74, 6) is 0. The maximum absolute atomic E-state index is 6.37. The molecule has 0 bridgehead atoms. The van der Waals surface area contributed by atoms with E-state index in [2.05, 4.69) is 22.8 Å². The molecule has 0 aliphatic heterocycles. The van der Waals surface area contributed by atoms with Gasteiger partial charge in [0.25, 0.3) is 0 Å². The Bertz CT molecular complexity index is 273. The van der Waals surface area contributed by atoms with Crippen LogP contribution >= 0.6 is 22.9 Å². The second-order valence-electron chi connectivity index (χ2n) is 4.22. The monoisotopic (exact) mass is 243 g/mol. The number of hydrogen-bond acceptors (Lipinski definition) is 2. The van der Waals surface area contributed by atoms with Crippen molar-refractivity contribution in [1.29, 1.82) is 0 Å².